The molecule has 0 amide bonds. The van der Waals surface area contributed by atoms with E-state index in [1.165, 1.54) is 0 Å². The molecule has 0 unspecified atom stereocenters. The second-order valence-corrected chi connectivity index (χ2v) is 4.22. The van der Waals surface area contributed by atoms with E-state index in [0.29, 0.717) is 13.4 Å². The van der Waals surface area contributed by atoms with Gasteiger partial charge in [-0.1, -0.05) is 6.07 Å². The third-order valence-electron chi connectivity index (χ3n) is 2.14. The Hall–Kier alpha value is -0.870. The van der Waals surface area contributed by atoms with Gasteiger partial charge in [-0.05, 0) is 24.0 Å². The molecule has 0 atom stereocenters. The van der Waals surface area contributed by atoms with Crippen LogP contribution in [0.4, 0.5) is 0 Å². The summed E-state index contributed by atoms with van der Waals surface area (Å²) in [4.78, 5) is 0. The summed E-state index contributed by atoms with van der Waals surface area (Å²) in [6, 6.07) is 5.91. The van der Waals surface area contributed by atoms with Gasteiger partial charge in [0.15, 0.2) is 11.5 Å². The second-order valence-electron chi connectivity index (χ2n) is 3.23. The van der Waals surface area contributed by atoms with Crippen LogP contribution in [0.3, 0.4) is 0 Å². The van der Waals surface area contributed by atoms with Crippen molar-refractivity contribution in [2.45, 2.75) is 6.61 Å². The van der Waals surface area contributed by atoms with Crippen molar-refractivity contribution in [3.8, 4) is 11.5 Å². The smallest absolute Gasteiger partial charge is 0.231 e. The van der Waals surface area contributed by atoms with E-state index in [4.69, 9.17) is 14.2 Å². The molecular formula is C11H14O3S. The van der Waals surface area contributed by atoms with Gasteiger partial charge in [-0.3, -0.25) is 0 Å². The number of benzene rings is 1. The zero-order chi connectivity index (χ0) is 10.5. The average Bonchev–Trinajstić information content (AvgIpc) is 2.71. The summed E-state index contributed by atoms with van der Waals surface area (Å²) in [5.74, 6) is 2.67. The molecule has 0 N–H and O–H groups in total. The van der Waals surface area contributed by atoms with Crippen LogP contribution >= 0.6 is 11.8 Å². The predicted octanol–water partition coefficient (Wildman–Crippen LogP) is 2.29. The van der Waals surface area contributed by atoms with E-state index in [-0.39, 0.29) is 0 Å². The monoisotopic (exact) mass is 226 g/mol. The molecule has 4 heteroatoms. The maximum atomic E-state index is 5.50. The maximum Gasteiger partial charge on any atom is 0.231 e. The lowest BCUT2D eigenvalue weighted by Crippen LogP contribution is -1.97. The molecule has 0 aromatic heterocycles. The molecule has 0 saturated carbocycles. The SMILES string of the molecule is CSCCOCc1ccc2c(c1)OCO2. The molecule has 0 radical (unpaired) electrons. The summed E-state index contributed by atoms with van der Waals surface area (Å²) in [6.45, 7) is 1.75. The Morgan fingerprint density at radius 2 is 2.20 bits per heavy atom. The Bertz CT molecular complexity index is 328. The van der Waals surface area contributed by atoms with Crippen molar-refractivity contribution in [3.63, 3.8) is 0 Å². The number of thioether (sulfide) groups is 1. The number of rotatable bonds is 5. The van der Waals surface area contributed by atoms with Gasteiger partial charge in [0.25, 0.3) is 0 Å². The van der Waals surface area contributed by atoms with E-state index in [9.17, 15) is 0 Å². The third kappa shape index (κ3) is 2.79. The fraction of sp³-hybridized carbons (Fsp3) is 0.455. The van der Waals surface area contributed by atoms with Crippen LogP contribution in [-0.4, -0.2) is 25.4 Å². The van der Waals surface area contributed by atoms with Crippen molar-refractivity contribution >= 4 is 11.8 Å². The van der Waals surface area contributed by atoms with E-state index in [1.54, 1.807) is 11.8 Å². The van der Waals surface area contributed by atoms with Crippen LogP contribution in [0, 0.1) is 0 Å². The zero-order valence-electron chi connectivity index (χ0n) is 8.69. The van der Waals surface area contributed by atoms with Gasteiger partial charge in [-0.2, -0.15) is 11.8 Å². The third-order valence-corrected chi connectivity index (χ3v) is 2.71. The lowest BCUT2D eigenvalue weighted by molar-refractivity contribution is 0.136. The molecule has 1 aromatic rings. The topological polar surface area (TPSA) is 27.7 Å². The van der Waals surface area contributed by atoms with E-state index in [0.717, 1.165) is 29.4 Å². The highest BCUT2D eigenvalue weighted by Crippen LogP contribution is 2.32. The summed E-state index contributed by atoms with van der Waals surface area (Å²) in [6.07, 6.45) is 2.07. The molecule has 2 rings (SSSR count). The van der Waals surface area contributed by atoms with Gasteiger partial charge in [0.2, 0.25) is 6.79 Å². The highest BCUT2D eigenvalue weighted by molar-refractivity contribution is 7.98. The normalized spacial score (nSPS) is 13.1. The lowest BCUT2D eigenvalue weighted by atomic mass is 10.2. The molecule has 0 bridgehead atoms. The fourth-order valence-electron chi connectivity index (χ4n) is 1.36. The molecule has 1 heterocycles. The molecule has 0 fully saturated rings. The number of ether oxygens (including phenoxy) is 3. The first kappa shape index (κ1) is 10.6. The first-order valence-corrected chi connectivity index (χ1v) is 6.25. The van der Waals surface area contributed by atoms with Gasteiger partial charge in [0, 0.05) is 5.75 Å². The summed E-state index contributed by atoms with van der Waals surface area (Å²) in [7, 11) is 0. The van der Waals surface area contributed by atoms with Crippen molar-refractivity contribution in [3.05, 3.63) is 23.8 Å². The van der Waals surface area contributed by atoms with Crippen molar-refractivity contribution in [2.75, 3.05) is 25.4 Å². The minimum absolute atomic E-state index is 0.326. The van der Waals surface area contributed by atoms with Crippen LogP contribution in [0.5, 0.6) is 11.5 Å². The minimum Gasteiger partial charge on any atom is -0.454 e. The summed E-state index contributed by atoms with van der Waals surface area (Å²) >= 11 is 1.79. The van der Waals surface area contributed by atoms with Crippen molar-refractivity contribution in [1.82, 2.24) is 0 Å². The molecular weight excluding hydrogens is 212 g/mol. The maximum absolute atomic E-state index is 5.50. The lowest BCUT2D eigenvalue weighted by Gasteiger charge is -2.04. The number of fused-ring (bicyclic) bond motifs is 1. The van der Waals surface area contributed by atoms with E-state index >= 15 is 0 Å². The quantitative estimate of drug-likeness (QED) is 0.720. The second kappa shape index (κ2) is 5.28. The molecule has 1 aliphatic rings. The molecule has 0 aliphatic carbocycles. The molecule has 0 spiro atoms. The standard InChI is InChI=1S/C11H14O3S/c1-15-5-4-12-7-9-2-3-10-11(6-9)14-8-13-10/h2-3,6H,4-5,7-8H2,1H3. The van der Waals surface area contributed by atoms with Crippen molar-refractivity contribution in [1.29, 1.82) is 0 Å². The molecule has 82 valence electrons. The predicted molar refractivity (Wildman–Crippen MR) is 60.6 cm³/mol. The molecule has 1 aliphatic heterocycles. The molecule has 3 nitrogen and oxygen atoms in total. The first-order valence-electron chi connectivity index (χ1n) is 4.85. The molecule has 1 aromatic carbocycles. The van der Waals surface area contributed by atoms with Gasteiger partial charge < -0.3 is 14.2 Å². The van der Waals surface area contributed by atoms with Crippen LogP contribution < -0.4 is 9.47 Å². The van der Waals surface area contributed by atoms with Gasteiger partial charge in [0.05, 0.1) is 13.2 Å². The minimum atomic E-state index is 0.326. The Morgan fingerprint density at radius 3 is 3.07 bits per heavy atom. The van der Waals surface area contributed by atoms with Crippen LogP contribution in [0.25, 0.3) is 0 Å². The van der Waals surface area contributed by atoms with Gasteiger partial charge >= 0.3 is 0 Å². The van der Waals surface area contributed by atoms with Gasteiger partial charge in [-0.15, -0.1) is 0 Å². The number of hydrogen-bond donors (Lipinski definition) is 0. The number of hydrogen-bond acceptors (Lipinski definition) is 4. The average molecular weight is 226 g/mol. The van der Waals surface area contributed by atoms with Crippen LogP contribution in [0.15, 0.2) is 18.2 Å². The van der Waals surface area contributed by atoms with Gasteiger partial charge in [0.1, 0.15) is 0 Å². The first-order chi connectivity index (χ1) is 7.40. The zero-order valence-corrected chi connectivity index (χ0v) is 9.51. The Labute approximate surface area is 93.7 Å². The summed E-state index contributed by atoms with van der Waals surface area (Å²) < 4.78 is 16.0. The highest BCUT2D eigenvalue weighted by atomic mass is 32.2. The van der Waals surface area contributed by atoms with Gasteiger partial charge in [-0.25, -0.2) is 0 Å². The Balaban J connectivity index is 1.87. The molecule has 0 saturated heterocycles. The molecule has 15 heavy (non-hydrogen) atoms. The largest absolute Gasteiger partial charge is 0.454 e. The highest BCUT2D eigenvalue weighted by Gasteiger charge is 2.12. The Morgan fingerprint density at radius 1 is 1.33 bits per heavy atom. The van der Waals surface area contributed by atoms with E-state index in [2.05, 4.69) is 6.26 Å². The summed E-state index contributed by atoms with van der Waals surface area (Å²) in [5.41, 5.74) is 1.13. The van der Waals surface area contributed by atoms with Crippen molar-refractivity contribution in [2.24, 2.45) is 0 Å². The Kier molecular flexibility index (Phi) is 3.75. The summed E-state index contributed by atoms with van der Waals surface area (Å²) in [5, 5.41) is 0. The van der Waals surface area contributed by atoms with E-state index < -0.39 is 0 Å². The fourth-order valence-corrected chi connectivity index (χ4v) is 1.65. The van der Waals surface area contributed by atoms with Crippen molar-refractivity contribution < 1.29 is 14.2 Å². The van der Waals surface area contributed by atoms with Crippen LogP contribution in [0.2, 0.25) is 0 Å². The van der Waals surface area contributed by atoms with Crippen LogP contribution in [0.1, 0.15) is 5.56 Å². The van der Waals surface area contributed by atoms with E-state index in [1.807, 2.05) is 18.2 Å². The van der Waals surface area contributed by atoms with Crippen LogP contribution in [-0.2, 0) is 11.3 Å².